The molecule has 5 nitrogen and oxygen atoms in total. The summed E-state index contributed by atoms with van der Waals surface area (Å²) in [6.45, 7) is 0.829. The number of hydrogen-bond donors (Lipinski definition) is 3. The van der Waals surface area contributed by atoms with Crippen molar-refractivity contribution in [2.24, 2.45) is 11.8 Å². The van der Waals surface area contributed by atoms with Crippen LogP contribution in [0.25, 0.3) is 0 Å². The molecule has 3 unspecified atom stereocenters. The standard InChI is InChI=1S/C25H26N2O3S/c28-25-19(14-17-6-2-1-3-7-17)16-24(21-8-4-5-9-22(21)25)27-31(29,30)20-10-11-23-18(15-20)12-13-26-23/h1-6,8-11,15-17,22,25-28H,7,12-14H2. The summed E-state index contributed by atoms with van der Waals surface area (Å²) in [5, 5.41) is 14.3. The predicted molar refractivity (Wildman–Crippen MR) is 123 cm³/mol. The summed E-state index contributed by atoms with van der Waals surface area (Å²) in [6, 6.07) is 5.22. The first-order chi connectivity index (χ1) is 15.0. The molecule has 0 aromatic heterocycles. The van der Waals surface area contributed by atoms with Gasteiger partial charge in [0.05, 0.1) is 16.7 Å². The summed E-state index contributed by atoms with van der Waals surface area (Å²) in [6.07, 6.45) is 19.5. The molecule has 1 aromatic rings. The maximum Gasteiger partial charge on any atom is 0.261 e. The van der Waals surface area contributed by atoms with E-state index in [0.29, 0.717) is 18.0 Å². The number of benzene rings is 1. The fourth-order valence-corrected chi connectivity index (χ4v) is 5.82. The van der Waals surface area contributed by atoms with Crippen molar-refractivity contribution in [3.63, 3.8) is 0 Å². The molecule has 1 heterocycles. The number of sulfonamides is 1. The molecular formula is C25H26N2O3S. The summed E-state index contributed by atoms with van der Waals surface area (Å²) in [5.74, 6) is 0.0488. The van der Waals surface area contributed by atoms with Gasteiger partial charge in [-0.1, -0.05) is 48.6 Å². The molecule has 160 valence electrons. The second kappa shape index (κ2) is 8.02. The van der Waals surface area contributed by atoms with Crippen LogP contribution in [0, 0.1) is 11.8 Å². The molecule has 31 heavy (non-hydrogen) atoms. The van der Waals surface area contributed by atoms with E-state index in [1.54, 1.807) is 12.1 Å². The van der Waals surface area contributed by atoms with Crippen LogP contribution in [0.1, 0.15) is 18.4 Å². The minimum Gasteiger partial charge on any atom is -0.388 e. The van der Waals surface area contributed by atoms with E-state index in [9.17, 15) is 13.5 Å². The lowest BCUT2D eigenvalue weighted by Gasteiger charge is -2.33. The van der Waals surface area contributed by atoms with Crippen molar-refractivity contribution in [1.82, 2.24) is 4.72 Å². The molecule has 0 radical (unpaired) electrons. The highest BCUT2D eigenvalue weighted by Crippen LogP contribution is 2.37. The quantitative estimate of drug-likeness (QED) is 0.660. The maximum absolute atomic E-state index is 13.2. The average Bonchev–Trinajstić information content (AvgIpc) is 3.26. The first-order valence-electron chi connectivity index (χ1n) is 10.7. The van der Waals surface area contributed by atoms with Gasteiger partial charge in [0.15, 0.2) is 0 Å². The van der Waals surface area contributed by atoms with Gasteiger partial charge in [-0.2, -0.15) is 0 Å². The van der Waals surface area contributed by atoms with E-state index in [1.807, 2.05) is 48.6 Å². The summed E-state index contributed by atoms with van der Waals surface area (Å²) in [5.41, 5.74) is 4.21. The van der Waals surface area contributed by atoms with Crippen molar-refractivity contribution >= 4 is 15.7 Å². The lowest BCUT2D eigenvalue weighted by atomic mass is 9.77. The van der Waals surface area contributed by atoms with E-state index in [0.717, 1.165) is 41.8 Å². The Bertz CT molecular complexity index is 1190. The van der Waals surface area contributed by atoms with Gasteiger partial charge in [0.2, 0.25) is 0 Å². The zero-order valence-corrected chi connectivity index (χ0v) is 18.0. The number of anilines is 1. The van der Waals surface area contributed by atoms with Gasteiger partial charge in [-0.15, -0.1) is 0 Å². The van der Waals surface area contributed by atoms with Crippen molar-refractivity contribution in [2.45, 2.75) is 30.3 Å². The van der Waals surface area contributed by atoms with Gasteiger partial charge in [-0.25, -0.2) is 8.42 Å². The molecule has 5 rings (SSSR count). The van der Waals surface area contributed by atoms with Gasteiger partial charge in [-0.3, -0.25) is 4.72 Å². The lowest BCUT2D eigenvalue weighted by Crippen LogP contribution is -2.33. The normalized spacial score (nSPS) is 26.4. The molecular weight excluding hydrogens is 408 g/mol. The van der Waals surface area contributed by atoms with E-state index in [4.69, 9.17) is 0 Å². The van der Waals surface area contributed by atoms with E-state index in [1.165, 1.54) is 0 Å². The summed E-state index contributed by atoms with van der Waals surface area (Å²) < 4.78 is 29.3. The molecule has 3 atom stereocenters. The Hall–Kier alpha value is -2.83. The smallest absolute Gasteiger partial charge is 0.261 e. The number of hydrogen-bond acceptors (Lipinski definition) is 4. The monoisotopic (exact) mass is 434 g/mol. The highest BCUT2D eigenvalue weighted by atomic mass is 32.2. The predicted octanol–water partition coefficient (Wildman–Crippen LogP) is 3.75. The van der Waals surface area contributed by atoms with Crippen LogP contribution in [0.5, 0.6) is 0 Å². The maximum atomic E-state index is 13.2. The molecule has 3 aliphatic carbocycles. The number of rotatable bonds is 5. The Balaban J connectivity index is 1.48. The second-order valence-electron chi connectivity index (χ2n) is 8.42. The van der Waals surface area contributed by atoms with Crippen molar-refractivity contribution in [2.75, 3.05) is 11.9 Å². The van der Waals surface area contributed by atoms with Crippen LogP contribution in [0.3, 0.4) is 0 Å². The molecule has 0 saturated heterocycles. The van der Waals surface area contributed by atoms with Crippen LogP contribution in [-0.4, -0.2) is 26.2 Å². The fraction of sp³-hybridized carbons (Fsp3) is 0.280. The third kappa shape index (κ3) is 3.93. The van der Waals surface area contributed by atoms with E-state index in [2.05, 4.69) is 22.2 Å². The molecule has 6 heteroatoms. The average molecular weight is 435 g/mol. The Labute approximate surface area is 183 Å². The van der Waals surface area contributed by atoms with Gasteiger partial charge in [0.25, 0.3) is 10.0 Å². The summed E-state index contributed by atoms with van der Waals surface area (Å²) >= 11 is 0. The van der Waals surface area contributed by atoms with Crippen LogP contribution in [0.15, 0.2) is 94.6 Å². The highest BCUT2D eigenvalue weighted by molar-refractivity contribution is 7.89. The van der Waals surface area contributed by atoms with Gasteiger partial charge >= 0.3 is 0 Å². The first-order valence-corrected chi connectivity index (χ1v) is 12.2. The topological polar surface area (TPSA) is 78.4 Å². The third-order valence-electron chi connectivity index (χ3n) is 6.33. The number of aliphatic hydroxyl groups excluding tert-OH is 1. The minimum absolute atomic E-state index is 0.255. The number of nitrogens with one attached hydrogen (secondary N) is 2. The van der Waals surface area contributed by atoms with Crippen LogP contribution in [-0.2, 0) is 16.4 Å². The van der Waals surface area contributed by atoms with E-state index in [-0.39, 0.29) is 10.8 Å². The first kappa shape index (κ1) is 20.1. The van der Waals surface area contributed by atoms with Crippen molar-refractivity contribution < 1.29 is 13.5 Å². The van der Waals surface area contributed by atoms with Crippen LogP contribution in [0.4, 0.5) is 5.69 Å². The van der Waals surface area contributed by atoms with Crippen LogP contribution < -0.4 is 10.0 Å². The number of aliphatic hydroxyl groups is 1. The SMILES string of the molecule is O=S(=O)(NC1=C2C=CC=CC2C(O)C(CC2C=CC=CC2)=C1)c1ccc2c(c1)CCN2. The second-order valence-corrected chi connectivity index (χ2v) is 10.1. The lowest BCUT2D eigenvalue weighted by molar-refractivity contribution is 0.171. The minimum atomic E-state index is -3.75. The summed E-state index contributed by atoms with van der Waals surface area (Å²) in [4.78, 5) is 0.261. The van der Waals surface area contributed by atoms with Gasteiger partial charge in [0, 0.05) is 18.2 Å². The number of fused-ring (bicyclic) bond motifs is 2. The van der Waals surface area contributed by atoms with Crippen LogP contribution >= 0.6 is 0 Å². The molecule has 1 aromatic carbocycles. The summed E-state index contributed by atoms with van der Waals surface area (Å²) in [7, 11) is -3.75. The molecule has 3 N–H and O–H groups in total. The van der Waals surface area contributed by atoms with Crippen LogP contribution in [0.2, 0.25) is 0 Å². The van der Waals surface area contributed by atoms with Gasteiger partial charge < -0.3 is 10.4 Å². The zero-order chi connectivity index (χ0) is 21.4. The molecule has 0 amide bonds. The largest absolute Gasteiger partial charge is 0.388 e. The van der Waals surface area contributed by atoms with E-state index < -0.39 is 16.1 Å². The molecule has 4 aliphatic rings. The van der Waals surface area contributed by atoms with Crippen molar-refractivity contribution in [3.05, 3.63) is 95.3 Å². The van der Waals surface area contributed by atoms with E-state index >= 15 is 0 Å². The Morgan fingerprint density at radius 2 is 2.00 bits per heavy atom. The number of allylic oxidation sites excluding steroid dienone is 8. The molecule has 0 fully saturated rings. The third-order valence-corrected chi connectivity index (χ3v) is 7.70. The highest BCUT2D eigenvalue weighted by Gasteiger charge is 2.32. The van der Waals surface area contributed by atoms with Crippen molar-refractivity contribution in [3.8, 4) is 0 Å². The molecule has 0 spiro atoms. The Kier molecular flexibility index (Phi) is 5.20. The Morgan fingerprint density at radius 1 is 1.13 bits per heavy atom. The zero-order valence-electron chi connectivity index (χ0n) is 17.2. The van der Waals surface area contributed by atoms with Crippen molar-refractivity contribution in [1.29, 1.82) is 0 Å². The molecule has 1 aliphatic heterocycles. The van der Waals surface area contributed by atoms with Gasteiger partial charge in [-0.05, 0) is 66.2 Å². The fourth-order valence-electron chi connectivity index (χ4n) is 4.69. The van der Waals surface area contributed by atoms with Gasteiger partial charge in [0.1, 0.15) is 0 Å². The molecule has 0 saturated carbocycles. The molecule has 0 bridgehead atoms. The Morgan fingerprint density at radius 3 is 2.84 bits per heavy atom.